The molecule has 0 aliphatic carbocycles. The summed E-state index contributed by atoms with van der Waals surface area (Å²) in [6, 6.07) is 7.31. The maximum Gasteiger partial charge on any atom is 0.271 e. The summed E-state index contributed by atoms with van der Waals surface area (Å²) in [5.41, 5.74) is 6.35. The monoisotopic (exact) mass is 293 g/mol. The molecule has 2 rings (SSSR count). The van der Waals surface area contributed by atoms with Crippen LogP contribution in [-0.2, 0) is 0 Å². The van der Waals surface area contributed by atoms with E-state index in [2.05, 4.69) is 4.98 Å². The molecule has 0 aliphatic heterocycles. The molecule has 0 saturated carbocycles. The Hall–Kier alpha value is -2.18. The van der Waals surface area contributed by atoms with Gasteiger partial charge in [0.1, 0.15) is 11.5 Å². The average Bonchev–Trinajstić information content (AvgIpc) is 2.41. The van der Waals surface area contributed by atoms with E-state index < -0.39 is 4.92 Å². The van der Waals surface area contributed by atoms with E-state index >= 15 is 0 Å². The number of nitrogens with zero attached hydrogens (tertiary/aromatic N) is 2. The number of ether oxygens (including phenoxy) is 1. The fourth-order valence-electron chi connectivity index (χ4n) is 1.53. The average molecular weight is 294 g/mol. The summed E-state index contributed by atoms with van der Waals surface area (Å²) in [4.78, 5) is 14.2. The Kier molecular flexibility index (Phi) is 4.16. The smallest absolute Gasteiger partial charge is 0.271 e. The van der Waals surface area contributed by atoms with Crippen molar-refractivity contribution >= 4 is 17.3 Å². The van der Waals surface area contributed by atoms with Crippen LogP contribution in [0.1, 0.15) is 18.7 Å². The van der Waals surface area contributed by atoms with Gasteiger partial charge in [-0.15, -0.1) is 0 Å². The van der Waals surface area contributed by atoms with Crippen molar-refractivity contribution in [1.29, 1.82) is 0 Å². The van der Waals surface area contributed by atoms with Gasteiger partial charge in [0, 0.05) is 18.2 Å². The van der Waals surface area contributed by atoms with Crippen molar-refractivity contribution in [3.8, 4) is 11.5 Å². The number of hydrogen-bond acceptors (Lipinski definition) is 5. The number of nitro benzene ring substituents is 1. The lowest BCUT2D eigenvalue weighted by molar-refractivity contribution is -0.384. The molecule has 1 aromatic carbocycles. The summed E-state index contributed by atoms with van der Waals surface area (Å²) in [7, 11) is 0. The minimum Gasteiger partial charge on any atom is -0.454 e. The van der Waals surface area contributed by atoms with Crippen LogP contribution >= 0.6 is 11.6 Å². The van der Waals surface area contributed by atoms with Gasteiger partial charge in [-0.1, -0.05) is 11.6 Å². The van der Waals surface area contributed by atoms with E-state index in [0.29, 0.717) is 11.5 Å². The minimum absolute atomic E-state index is 0.0900. The van der Waals surface area contributed by atoms with Gasteiger partial charge in [0.25, 0.3) is 5.69 Å². The first-order chi connectivity index (χ1) is 9.47. The highest BCUT2D eigenvalue weighted by Gasteiger charge is 2.11. The van der Waals surface area contributed by atoms with Crippen LogP contribution in [0.2, 0.25) is 5.02 Å². The topological polar surface area (TPSA) is 91.3 Å². The Morgan fingerprint density at radius 1 is 1.40 bits per heavy atom. The molecule has 0 fully saturated rings. The maximum absolute atomic E-state index is 10.6. The standard InChI is InChI=1S/C13H12ClN3O3/c1-8(15)12-4-3-10(7-16-12)20-13-5-2-9(17(18)19)6-11(13)14/h2-8H,15H2,1H3/t8-/m1/s1. The highest BCUT2D eigenvalue weighted by Crippen LogP contribution is 2.32. The number of pyridine rings is 1. The first-order valence-electron chi connectivity index (χ1n) is 5.80. The number of hydrogen-bond donors (Lipinski definition) is 1. The predicted octanol–water partition coefficient (Wildman–Crippen LogP) is 3.46. The molecule has 1 atom stereocenters. The Morgan fingerprint density at radius 2 is 2.15 bits per heavy atom. The molecule has 0 amide bonds. The quantitative estimate of drug-likeness (QED) is 0.688. The number of non-ortho nitro benzene ring substituents is 1. The van der Waals surface area contributed by atoms with E-state index in [9.17, 15) is 10.1 Å². The Bertz CT molecular complexity index is 629. The minimum atomic E-state index is -0.519. The molecule has 20 heavy (non-hydrogen) atoms. The first-order valence-corrected chi connectivity index (χ1v) is 6.18. The van der Waals surface area contributed by atoms with E-state index in [-0.39, 0.29) is 16.8 Å². The molecular weight excluding hydrogens is 282 g/mol. The van der Waals surface area contributed by atoms with Crippen molar-refractivity contribution in [3.63, 3.8) is 0 Å². The number of halogens is 1. The largest absolute Gasteiger partial charge is 0.454 e. The molecule has 1 aromatic heterocycles. The molecule has 0 unspecified atom stereocenters. The van der Waals surface area contributed by atoms with Crippen LogP contribution in [0.5, 0.6) is 11.5 Å². The molecule has 0 saturated heterocycles. The molecule has 2 aromatic rings. The normalized spacial score (nSPS) is 11.9. The van der Waals surface area contributed by atoms with Gasteiger partial charge in [-0.05, 0) is 25.1 Å². The third-order valence-electron chi connectivity index (χ3n) is 2.58. The number of nitrogens with two attached hydrogens (primary N) is 1. The van der Waals surface area contributed by atoms with Crippen molar-refractivity contribution in [2.45, 2.75) is 13.0 Å². The summed E-state index contributed by atoms with van der Waals surface area (Å²) in [6.07, 6.45) is 1.52. The maximum atomic E-state index is 10.6. The van der Waals surface area contributed by atoms with Crippen LogP contribution in [0.4, 0.5) is 5.69 Å². The SMILES string of the molecule is C[C@@H](N)c1ccc(Oc2ccc([N+](=O)[O-])cc2Cl)cn1. The number of benzene rings is 1. The van der Waals surface area contributed by atoms with Crippen LogP contribution in [-0.4, -0.2) is 9.91 Å². The molecule has 0 bridgehead atoms. The van der Waals surface area contributed by atoms with Gasteiger partial charge in [-0.2, -0.15) is 0 Å². The van der Waals surface area contributed by atoms with Gasteiger partial charge >= 0.3 is 0 Å². The van der Waals surface area contributed by atoms with Gasteiger partial charge in [0.05, 0.1) is 21.8 Å². The Balaban J connectivity index is 2.19. The van der Waals surface area contributed by atoms with Crippen molar-refractivity contribution in [3.05, 3.63) is 57.4 Å². The van der Waals surface area contributed by atoms with Crippen molar-refractivity contribution in [1.82, 2.24) is 4.98 Å². The van der Waals surface area contributed by atoms with E-state index in [1.807, 2.05) is 6.92 Å². The second kappa shape index (κ2) is 5.85. The van der Waals surface area contributed by atoms with Crippen LogP contribution in [0.3, 0.4) is 0 Å². The number of rotatable bonds is 4. The summed E-state index contributed by atoms with van der Waals surface area (Å²) in [6.45, 7) is 1.83. The van der Waals surface area contributed by atoms with Crippen molar-refractivity contribution < 1.29 is 9.66 Å². The fourth-order valence-corrected chi connectivity index (χ4v) is 1.75. The Labute approximate surface area is 120 Å². The summed E-state index contributed by atoms with van der Waals surface area (Å²) in [5.74, 6) is 0.803. The van der Waals surface area contributed by atoms with Crippen LogP contribution in [0, 0.1) is 10.1 Å². The van der Waals surface area contributed by atoms with Crippen LogP contribution in [0.15, 0.2) is 36.5 Å². The molecule has 7 heteroatoms. The molecule has 0 radical (unpaired) electrons. The summed E-state index contributed by atoms with van der Waals surface area (Å²) < 4.78 is 5.52. The van der Waals surface area contributed by atoms with Crippen molar-refractivity contribution in [2.24, 2.45) is 5.73 Å². The molecule has 104 valence electrons. The van der Waals surface area contributed by atoms with Gasteiger partial charge in [0.2, 0.25) is 0 Å². The zero-order valence-electron chi connectivity index (χ0n) is 10.6. The molecule has 0 aliphatic rings. The summed E-state index contributed by atoms with van der Waals surface area (Å²) in [5, 5.41) is 10.8. The van der Waals surface area contributed by atoms with Crippen LogP contribution in [0.25, 0.3) is 0 Å². The van der Waals surface area contributed by atoms with Gasteiger partial charge in [-0.25, -0.2) is 0 Å². The lowest BCUT2D eigenvalue weighted by atomic mass is 10.2. The lowest BCUT2D eigenvalue weighted by Gasteiger charge is -2.09. The number of nitro groups is 1. The molecular formula is C13H12ClN3O3. The third kappa shape index (κ3) is 3.23. The molecule has 1 heterocycles. The molecule has 2 N–H and O–H groups in total. The Morgan fingerprint density at radius 3 is 2.65 bits per heavy atom. The van der Waals surface area contributed by atoms with E-state index in [1.54, 1.807) is 12.1 Å². The van der Waals surface area contributed by atoms with Gasteiger partial charge in [-0.3, -0.25) is 15.1 Å². The zero-order valence-corrected chi connectivity index (χ0v) is 11.4. The van der Waals surface area contributed by atoms with E-state index in [0.717, 1.165) is 5.69 Å². The summed E-state index contributed by atoms with van der Waals surface area (Å²) >= 11 is 5.94. The van der Waals surface area contributed by atoms with E-state index in [1.165, 1.54) is 24.4 Å². The lowest BCUT2D eigenvalue weighted by Crippen LogP contribution is -2.06. The highest BCUT2D eigenvalue weighted by molar-refractivity contribution is 6.32. The van der Waals surface area contributed by atoms with Gasteiger partial charge < -0.3 is 10.5 Å². The fraction of sp³-hybridized carbons (Fsp3) is 0.154. The van der Waals surface area contributed by atoms with Crippen LogP contribution < -0.4 is 10.5 Å². The second-order valence-corrected chi connectivity index (χ2v) is 4.59. The van der Waals surface area contributed by atoms with E-state index in [4.69, 9.17) is 22.1 Å². The zero-order chi connectivity index (χ0) is 14.7. The molecule has 0 spiro atoms. The predicted molar refractivity (Wildman–Crippen MR) is 75.0 cm³/mol. The van der Waals surface area contributed by atoms with Crippen molar-refractivity contribution in [2.75, 3.05) is 0 Å². The highest BCUT2D eigenvalue weighted by atomic mass is 35.5. The first kappa shape index (κ1) is 14.2. The third-order valence-corrected chi connectivity index (χ3v) is 2.88. The number of aromatic nitrogens is 1. The second-order valence-electron chi connectivity index (χ2n) is 4.18. The molecule has 6 nitrogen and oxygen atoms in total. The van der Waals surface area contributed by atoms with Gasteiger partial charge in [0.15, 0.2) is 0 Å².